The van der Waals surface area contributed by atoms with Gasteiger partial charge in [0.25, 0.3) is 0 Å². The van der Waals surface area contributed by atoms with Crippen molar-refractivity contribution >= 4 is 125 Å². The number of oxime groups is 4. The second-order valence-electron chi connectivity index (χ2n) is 20.7. The molecule has 0 amide bonds. The summed E-state index contributed by atoms with van der Waals surface area (Å²) in [4.78, 5) is 95.9. The largest absolute Gasteiger partial charge is 0.331 e. The van der Waals surface area contributed by atoms with Crippen molar-refractivity contribution in [1.82, 2.24) is 9.13 Å². The van der Waals surface area contributed by atoms with Crippen LogP contribution in [0.25, 0.3) is 55.0 Å². The molecule has 0 aliphatic carbocycles. The Bertz CT molecular complexity index is 4080. The van der Waals surface area contributed by atoms with Crippen molar-refractivity contribution in [2.45, 2.75) is 92.9 Å². The molecule has 0 saturated heterocycles. The number of fused-ring (bicyclic) bond motifs is 6. The van der Waals surface area contributed by atoms with Gasteiger partial charge < -0.3 is 28.5 Å². The number of ketones is 2. The van der Waals surface area contributed by atoms with Gasteiger partial charge in [0.05, 0.1) is 54.7 Å². The van der Waals surface area contributed by atoms with Crippen molar-refractivity contribution in [3.63, 3.8) is 0 Å². The highest BCUT2D eigenvalue weighted by Crippen LogP contribution is 2.37. The van der Waals surface area contributed by atoms with Crippen molar-refractivity contribution in [2.24, 2.45) is 20.6 Å². The van der Waals surface area contributed by atoms with Gasteiger partial charge in [0, 0.05) is 71.7 Å². The van der Waals surface area contributed by atoms with Gasteiger partial charge in [-0.1, -0.05) is 94.8 Å². The lowest BCUT2D eigenvalue weighted by molar-refractivity contribution is -0.141. The fourth-order valence-electron chi connectivity index (χ4n) is 10.4. The molecule has 0 bridgehead atoms. The van der Waals surface area contributed by atoms with Gasteiger partial charge in [-0.3, -0.25) is 9.59 Å². The molecule has 0 unspecified atom stereocenters. The van der Waals surface area contributed by atoms with Crippen LogP contribution in [0.2, 0.25) is 0 Å². The molecule has 0 fully saturated rings. The first-order valence-electron chi connectivity index (χ1n) is 28.1. The maximum atomic E-state index is 13.6. The van der Waals surface area contributed by atoms with E-state index in [2.05, 4.69) is 29.8 Å². The molecule has 4 aromatic heterocycles. The maximum Gasteiger partial charge on any atom is 0.331 e. The van der Waals surface area contributed by atoms with E-state index in [4.69, 9.17) is 19.4 Å². The smallest absolute Gasteiger partial charge is 0.318 e. The molecule has 0 aliphatic heterocycles. The van der Waals surface area contributed by atoms with Crippen molar-refractivity contribution in [2.75, 3.05) is 0 Å². The first-order valence-corrected chi connectivity index (χ1v) is 29.9. The SMILES string of the molecule is CC(=O)ON=C(C)c1ccc2c(c1)c1cc(C(=O)c3cccs3)ccc1n2-c1ccc(/C(CCCCCCCC/C(=N/OC(C)=O)c2ccc(-n3c4ccc(C(=O)c5cccs5)cc4c4cc(C(C)=NOC(C)=O)ccc43)cc2)=N\OC(C)=O)cc1. The highest BCUT2D eigenvalue weighted by Gasteiger charge is 2.21. The van der Waals surface area contributed by atoms with E-state index in [-0.39, 0.29) is 11.6 Å². The topological polar surface area (TPSA) is 199 Å². The number of carbonyl (C=O) groups excluding carboxylic acids is 6. The zero-order valence-electron chi connectivity index (χ0n) is 48.3. The Morgan fingerprint density at radius 3 is 0.988 bits per heavy atom. The lowest BCUT2D eigenvalue weighted by Gasteiger charge is -2.11. The Morgan fingerprint density at radius 1 is 0.360 bits per heavy atom. The fraction of sp³-hybridized carbons (Fsp3) is 0.206. The summed E-state index contributed by atoms with van der Waals surface area (Å²) < 4.78 is 4.27. The standard InChI is InChI=1S/C68H60N6O10S2/c1-41(69-81-43(3)75)49-23-31-61-55(37-49)57-39-51(67(79)65-17-13-35-85-65)25-33-63(57)73(61)53-27-19-47(20-28-53)59(71-83-45(5)77)15-11-9-7-8-10-12-16-60(72-84-46(6)78)48-21-29-54(30-22-48)74-62-32-24-50(42(2)70-82-44(4)76)38-56(62)58-40-52(26-34-64(58)74)68(80)66-18-14-36-86-66/h13-14,17-40H,7-12,15-16H2,1-6H3/b69-41?,70-42?,71-59-,72-60-. The lowest BCUT2D eigenvalue weighted by atomic mass is 10.0. The molecule has 16 nitrogen and oxygen atoms in total. The fourth-order valence-corrected chi connectivity index (χ4v) is 11.8. The molecular weight excluding hydrogens is 1120 g/mol. The average molecular weight is 1190 g/mol. The van der Waals surface area contributed by atoms with Crippen LogP contribution in [0.15, 0.2) is 177 Å². The van der Waals surface area contributed by atoms with E-state index in [1.807, 2.05) is 156 Å². The number of thiophene rings is 2. The Labute approximate surface area is 503 Å². The third kappa shape index (κ3) is 13.6. The van der Waals surface area contributed by atoms with Crippen LogP contribution < -0.4 is 0 Å². The molecule has 0 aliphatic rings. The van der Waals surface area contributed by atoms with Crippen molar-refractivity contribution in [3.05, 3.63) is 199 Å². The molecule has 0 radical (unpaired) electrons. The van der Waals surface area contributed by atoms with Crippen LogP contribution in [0, 0.1) is 0 Å². The molecular formula is C68H60N6O10S2. The summed E-state index contributed by atoms with van der Waals surface area (Å²) in [6, 6.07) is 46.5. The summed E-state index contributed by atoms with van der Waals surface area (Å²) in [6.45, 7) is 8.78. The van der Waals surface area contributed by atoms with Gasteiger partial charge in [-0.25, -0.2) is 19.2 Å². The zero-order valence-corrected chi connectivity index (χ0v) is 49.9. The molecule has 4 heterocycles. The number of nitrogens with zero attached hydrogens (tertiary/aromatic N) is 6. The van der Waals surface area contributed by atoms with Crippen LogP contribution >= 0.6 is 22.7 Å². The number of hydrogen-bond acceptors (Lipinski definition) is 16. The van der Waals surface area contributed by atoms with Gasteiger partial charge in [-0.2, -0.15) is 0 Å². The van der Waals surface area contributed by atoms with Crippen LogP contribution in [0.4, 0.5) is 0 Å². The second kappa shape index (κ2) is 26.9. The molecule has 434 valence electrons. The van der Waals surface area contributed by atoms with Crippen LogP contribution in [0.5, 0.6) is 0 Å². The predicted molar refractivity (Wildman–Crippen MR) is 339 cm³/mol. The van der Waals surface area contributed by atoms with Gasteiger partial charge in [-0.15, -0.1) is 22.7 Å². The van der Waals surface area contributed by atoms with Crippen molar-refractivity contribution in [3.8, 4) is 11.4 Å². The summed E-state index contributed by atoms with van der Waals surface area (Å²) in [7, 11) is 0. The van der Waals surface area contributed by atoms with E-state index in [0.717, 1.165) is 116 Å². The number of benzene rings is 6. The van der Waals surface area contributed by atoms with Crippen LogP contribution in [0.1, 0.15) is 146 Å². The number of unbranched alkanes of at least 4 members (excludes halogenated alkanes) is 5. The zero-order chi connectivity index (χ0) is 60.4. The van der Waals surface area contributed by atoms with Crippen molar-refractivity contribution < 1.29 is 48.1 Å². The second-order valence-corrected chi connectivity index (χ2v) is 22.6. The molecule has 10 rings (SSSR count). The van der Waals surface area contributed by atoms with Crippen LogP contribution in [-0.2, 0) is 38.5 Å². The number of aromatic nitrogens is 2. The monoisotopic (exact) mass is 1180 g/mol. The first-order chi connectivity index (χ1) is 41.6. The Hall–Kier alpha value is -9.78. The molecule has 86 heavy (non-hydrogen) atoms. The van der Waals surface area contributed by atoms with Gasteiger partial charge in [0.2, 0.25) is 11.6 Å². The van der Waals surface area contributed by atoms with E-state index in [1.54, 1.807) is 13.8 Å². The molecule has 0 spiro atoms. The molecule has 18 heteroatoms. The quantitative estimate of drug-likeness (QED) is 0.0195. The predicted octanol–water partition coefficient (Wildman–Crippen LogP) is 15.4. The number of carbonyl (C=O) groups is 6. The van der Waals surface area contributed by atoms with Gasteiger partial charge in [0.1, 0.15) is 0 Å². The maximum absolute atomic E-state index is 13.6. The van der Waals surface area contributed by atoms with E-state index in [1.165, 1.54) is 50.4 Å². The summed E-state index contributed by atoms with van der Waals surface area (Å²) in [5.41, 5.74) is 11.9. The van der Waals surface area contributed by atoms with E-state index >= 15 is 0 Å². The summed E-state index contributed by atoms with van der Waals surface area (Å²) in [6.07, 6.45) is 6.51. The third-order valence-electron chi connectivity index (χ3n) is 14.6. The highest BCUT2D eigenvalue weighted by atomic mass is 32.1. The number of hydrogen-bond donors (Lipinski definition) is 0. The summed E-state index contributed by atoms with van der Waals surface area (Å²) >= 11 is 2.79. The summed E-state index contributed by atoms with van der Waals surface area (Å²) in [5.74, 6) is -2.19. The minimum atomic E-state index is -0.520. The number of rotatable bonds is 23. The normalized spacial score (nSPS) is 12.3. The Morgan fingerprint density at radius 2 is 0.663 bits per heavy atom. The van der Waals surface area contributed by atoms with Crippen molar-refractivity contribution in [1.29, 1.82) is 0 Å². The molecule has 10 aromatic rings. The first kappa shape index (κ1) is 59.4. The Kier molecular flexibility index (Phi) is 18.5. The minimum Gasteiger partial charge on any atom is -0.318 e. The van der Waals surface area contributed by atoms with Gasteiger partial charge >= 0.3 is 23.9 Å². The summed E-state index contributed by atoms with van der Waals surface area (Å²) in [5, 5.41) is 23.9. The van der Waals surface area contributed by atoms with Gasteiger partial charge in [0.15, 0.2) is 0 Å². The third-order valence-corrected chi connectivity index (χ3v) is 16.3. The molecule has 0 saturated carbocycles. The molecule has 6 aromatic carbocycles. The highest BCUT2D eigenvalue weighted by molar-refractivity contribution is 7.12. The molecule has 0 atom stereocenters. The van der Waals surface area contributed by atoms with E-state index in [0.29, 0.717) is 56.6 Å². The van der Waals surface area contributed by atoms with Crippen LogP contribution in [-0.4, -0.2) is 67.4 Å². The van der Waals surface area contributed by atoms with Gasteiger partial charge in [-0.05, 0) is 170 Å². The minimum absolute atomic E-state index is 0.0631. The van der Waals surface area contributed by atoms with Crippen LogP contribution in [0.3, 0.4) is 0 Å². The average Bonchev–Trinajstić information content (AvgIpc) is 1.65. The Balaban J connectivity index is 0.803. The molecule has 0 N–H and O–H groups in total. The van der Waals surface area contributed by atoms with E-state index in [9.17, 15) is 28.8 Å². The lowest BCUT2D eigenvalue weighted by Crippen LogP contribution is -2.05. The van der Waals surface area contributed by atoms with E-state index < -0.39 is 23.9 Å².